The molecule has 2 amide bonds. The Morgan fingerprint density at radius 1 is 1.18 bits per heavy atom. The number of likely N-dealkylation sites (tertiary alicyclic amines) is 1. The Hall–Kier alpha value is -1.82. The third-order valence-electron chi connectivity index (χ3n) is 4.21. The molecule has 1 aliphatic carbocycles. The van der Waals surface area contributed by atoms with Crippen molar-refractivity contribution in [1.29, 1.82) is 0 Å². The minimum absolute atomic E-state index is 0.0296. The van der Waals surface area contributed by atoms with Crippen molar-refractivity contribution in [3.05, 3.63) is 29.8 Å². The van der Waals surface area contributed by atoms with Gasteiger partial charge in [0.1, 0.15) is 0 Å². The minimum Gasteiger partial charge on any atom is -0.545 e. The maximum atomic E-state index is 12.5. The molecule has 1 aromatic carbocycles. The molecule has 0 N–H and O–H groups in total. The number of amides is 2. The van der Waals surface area contributed by atoms with Crippen LogP contribution in [0.2, 0.25) is 0 Å². The highest BCUT2D eigenvalue weighted by molar-refractivity contribution is 8.00. The number of benzene rings is 1. The van der Waals surface area contributed by atoms with Crippen LogP contribution in [0.25, 0.3) is 0 Å². The summed E-state index contributed by atoms with van der Waals surface area (Å²) in [6.07, 6.45) is 4.00. The predicted molar refractivity (Wildman–Crippen MR) is 79.1 cm³/mol. The quantitative estimate of drug-likeness (QED) is 0.780. The van der Waals surface area contributed by atoms with Crippen LogP contribution in [-0.2, 0) is 9.59 Å². The van der Waals surface area contributed by atoms with Gasteiger partial charge in [-0.05, 0) is 18.9 Å². The van der Waals surface area contributed by atoms with Crippen LogP contribution in [0.5, 0.6) is 0 Å². The van der Waals surface area contributed by atoms with Gasteiger partial charge in [-0.25, -0.2) is 0 Å². The fourth-order valence-corrected chi connectivity index (χ4v) is 4.33. The molecule has 1 saturated heterocycles. The molecule has 0 radical (unpaired) electrons. The molecule has 5 nitrogen and oxygen atoms in total. The Morgan fingerprint density at radius 3 is 2.55 bits per heavy atom. The Kier molecular flexibility index (Phi) is 4.20. The summed E-state index contributed by atoms with van der Waals surface area (Å²) in [6, 6.07) is 6.45. The molecule has 0 unspecified atom stereocenters. The van der Waals surface area contributed by atoms with Crippen LogP contribution in [0, 0.1) is 0 Å². The van der Waals surface area contributed by atoms with Gasteiger partial charge in [-0.3, -0.25) is 14.5 Å². The van der Waals surface area contributed by atoms with Crippen molar-refractivity contribution in [2.24, 2.45) is 0 Å². The fraction of sp³-hybridized carbons (Fsp3) is 0.438. The van der Waals surface area contributed by atoms with E-state index in [1.807, 2.05) is 0 Å². The zero-order chi connectivity index (χ0) is 15.7. The highest BCUT2D eigenvalue weighted by atomic mass is 32.2. The summed E-state index contributed by atoms with van der Waals surface area (Å²) in [5, 5.41) is 10.6. The van der Waals surface area contributed by atoms with Crippen LogP contribution in [0.3, 0.4) is 0 Å². The van der Waals surface area contributed by atoms with E-state index in [-0.39, 0.29) is 29.8 Å². The molecule has 0 aromatic heterocycles. The standard InChI is InChI=1S/C16H17NO4S/c18-14-9-13(15(19)17(14)10-5-1-2-6-10)22-12-8-4-3-7-11(12)16(20)21/h3-4,7-8,10,13H,1-2,5-6,9H2,(H,20,21)/p-1/t13-/m1/s1. The molecule has 6 heteroatoms. The summed E-state index contributed by atoms with van der Waals surface area (Å²) in [4.78, 5) is 37.7. The van der Waals surface area contributed by atoms with E-state index in [9.17, 15) is 19.5 Å². The number of hydrogen-bond donors (Lipinski definition) is 0. The van der Waals surface area contributed by atoms with E-state index in [4.69, 9.17) is 0 Å². The molecule has 0 bridgehead atoms. The Labute approximate surface area is 132 Å². The molecule has 0 spiro atoms. The van der Waals surface area contributed by atoms with E-state index in [2.05, 4.69) is 0 Å². The van der Waals surface area contributed by atoms with Gasteiger partial charge in [0.2, 0.25) is 11.8 Å². The second-order valence-corrected chi connectivity index (χ2v) is 6.88. The molecule has 1 atom stereocenters. The first-order chi connectivity index (χ1) is 10.6. The van der Waals surface area contributed by atoms with Gasteiger partial charge in [0, 0.05) is 22.9 Å². The fourth-order valence-electron chi connectivity index (χ4n) is 3.15. The average Bonchev–Trinajstić information content (AvgIpc) is 3.08. The summed E-state index contributed by atoms with van der Waals surface area (Å²) >= 11 is 1.15. The van der Waals surface area contributed by atoms with Crippen molar-refractivity contribution >= 4 is 29.5 Å². The molecule has 1 aromatic rings. The molecule has 1 heterocycles. The van der Waals surface area contributed by atoms with Crippen molar-refractivity contribution in [3.8, 4) is 0 Å². The number of thioether (sulfide) groups is 1. The summed E-state index contributed by atoms with van der Waals surface area (Å²) in [5.41, 5.74) is 0.0621. The first-order valence-corrected chi connectivity index (χ1v) is 8.29. The number of rotatable bonds is 4. The summed E-state index contributed by atoms with van der Waals surface area (Å²) < 4.78 is 0. The molecule has 1 saturated carbocycles. The molecule has 2 fully saturated rings. The van der Waals surface area contributed by atoms with Crippen molar-refractivity contribution in [2.45, 2.75) is 48.3 Å². The zero-order valence-corrected chi connectivity index (χ0v) is 12.8. The van der Waals surface area contributed by atoms with Crippen molar-refractivity contribution in [3.63, 3.8) is 0 Å². The van der Waals surface area contributed by atoms with E-state index in [1.165, 1.54) is 11.0 Å². The smallest absolute Gasteiger partial charge is 0.243 e. The molecular weight excluding hydrogens is 302 g/mol. The first kappa shape index (κ1) is 15.1. The molecular formula is C16H16NO4S-. The number of nitrogens with zero attached hydrogens (tertiary/aromatic N) is 1. The molecule has 2 aliphatic rings. The first-order valence-electron chi connectivity index (χ1n) is 7.41. The van der Waals surface area contributed by atoms with E-state index < -0.39 is 11.2 Å². The zero-order valence-electron chi connectivity index (χ0n) is 12.0. The number of carbonyl (C=O) groups excluding carboxylic acids is 3. The van der Waals surface area contributed by atoms with E-state index >= 15 is 0 Å². The van der Waals surface area contributed by atoms with Crippen molar-refractivity contribution in [1.82, 2.24) is 4.90 Å². The molecule has 3 rings (SSSR count). The monoisotopic (exact) mass is 318 g/mol. The Bertz CT molecular complexity index is 624. The summed E-state index contributed by atoms with van der Waals surface area (Å²) in [5.74, 6) is -1.59. The Morgan fingerprint density at radius 2 is 1.86 bits per heavy atom. The topological polar surface area (TPSA) is 77.5 Å². The number of aromatic carboxylic acids is 1. The summed E-state index contributed by atoms with van der Waals surface area (Å²) in [6.45, 7) is 0. The van der Waals surface area contributed by atoms with Crippen molar-refractivity contribution < 1.29 is 19.5 Å². The van der Waals surface area contributed by atoms with Gasteiger partial charge < -0.3 is 9.90 Å². The lowest BCUT2D eigenvalue weighted by Gasteiger charge is -2.22. The van der Waals surface area contributed by atoms with E-state index in [1.54, 1.807) is 18.2 Å². The SMILES string of the molecule is O=C([O-])c1ccccc1S[C@@H]1CC(=O)N(C2CCCC2)C1=O. The largest absolute Gasteiger partial charge is 0.545 e. The maximum absolute atomic E-state index is 12.5. The Balaban J connectivity index is 1.78. The van der Waals surface area contributed by atoms with Gasteiger partial charge >= 0.3 is 0 Å². The molecule has 22 heavy (non-hydrogen) atoms. The lowest BCUT2D eigenvalue weighted by molar-refractivity contribution is -0.255. The van der Waals surface area contributed by atoms with Gasteiger partial charge in [0.25, 0.3) is 0 Å². The van der Waals surface area contributed by atoms with Gasteiger partial charge in [-0.1, -0.05) is 31.0 Å². The number of hydrogen-bond acceptors (Lipinski definition) is 5. The highest BCUT2D eigenvalue weighted by Crippen LogP contribution is 2.36. The summed E-state index contributed by atoms with van der Waals surface area (Å²) in [7, 11) is 0. The van der Waals surface area contributed by atoms with Gasteiger partial charge in [-0.2, -0.15) is 0 Å². The molecule has 116 valence electrons. The average molecular weight is 318 g/mol. The third kappa shape index (κ3) is 2.75. The second kappa shape index (κ2) is 6.12. The van der Waals surface area contributed by atoms with Crippen molar-refractivity contribution in [2.75, 3.05) is 0 Å². The normalized spacial score (nSPS) is 22.5. The number of imide groups is 1. The highest BCUT2D eigenvalue weighted by Gasteiger charge is 2.43. The van der Waals surface area contributed by atoms with Crippen LogP contribution in [-0.4, -0.2) is 34.0 Å². The molecule has 1 aliphatic heterocycles. The predicted octanol–water partition coefficient (Wildman–Crippen LogP) is 1.21. The number of carbonyl (C=O) groups is 3. The van der Waals surface area contributed by atoms with Crippen LogP contribution < -0.4 is 5.11 Å². The van der Waals surface area contributed by atoms with Gasteiger partial charge in [0.15, 0.2) is 0 Å². The third-order valence-corrected chi connectivity index (χ3v) is 5.47. The lowest BCUT2D eigenvalue weighted by Crippen LogP contribution is -2.39. The maximum Gasteiger partial charge on any atom is 0.243 e. The van der Waals surface area contributed by atoms with Crippen LogP contribution in [0.4, 0.5) is 0 Å². The van der Waals surface area contributed by atoms with E-state index in [0.717, 1.165) is 37.4 Å². The van der Waals surface area contributed by atoms with E-state index in [0.29, 0.717) is 4.90 Å². The number of carboxylic acids is 1. The minimum atomic E-state index is -1.27. The number of carboxylic acid groups (broad SMARTS) is 1. The van der Waals surface area contributed by atoms with Gasteiger partial charge in [-0.15, -0.1) is 11.8 Å². The lowest BCUT2D eigenvalue weighted by atomic mass is 10.2. The van der Waals surface area contributed by atoms with Crippen LogP contribution in [0.15, 0.2) is 29.2 Å². The second-order valence-electron chi connectivity index (χ2n) is 5.63. The van der Waals surface area contributed by atoms with Gasteiger partial charge in [0.05, 0.1) is 11.2 Å². The van der Waals surface area contributed by atoms with Crippen LogP contribution >= 0.6 is 11.8 Å². The van der Waals surface area contributed by atoms with Crippen LogP contribution in [0.1, 0.15) is 42.5 Å².